The highest BCUT2D eigenvalue weighted by molar-refractivity contribution is 6.02. The Morgan fingerprint density at radius 3 is 1.64 bits per heavy atom. The lowest BCUT2D eigenvalue weighted by molar-refractivity contribution is 0.616. The van der Waals surface area contributed by atoms with Gasteiger partial charge in [0.05, 0.1) is 16.5 Å². The third-order valence-electron chi connectivity index (χ3n) is 8.75. The molecule has 0 radical (unpaired) electrons. The van der Waals surface area contributed by atoms with Crippen LogP contribution in [0.3, 0.4) is 0 Å². The van der Waals surface area contributed by atoms with E-state index >= 15 is 0 Å². The summed E-state index contributed by atoms with van der Waals surface area (Å²) in [7, 11) is 0. The second-order valence-corrected chi connectivity index (χ2v) is 11.8. The summed E-state index contributed by atoms with van der Waals surface area (Å²) in [4.78, 5) is 33.6. The van der Waals surface area contributed by atoms with Gasteiger partial charge >= 0.3 is 5.84 Å². The van der Waals surface area contributed by atoms with Crippen LogP contribution in [-0.2, 0) is 0 Å². The summed E-state index contributed by atoms with van der Waals surface area (Å²) in [6, 6.07) is 48.4. The van der Waals surface area contributed by atoms with Crippen LogP contribution in [0.15, 0.2) is 155 Å². The van der Waals surface area contributed by atoms with Crippen LogP contribution in [0.25, 0.3) is 84.3 Å². The Labute approximate surface area is 285 Å². The Kier molecular flexibility index (Phi) is 6.82. The summed E-state index contributed by atoms with van der Waals surface area (Å²) in [5.74, 6) is 1.61. The van der Waals surface area contributed by atoms with E-state index in [0.717, 1.165) is 22.3 Å². The monoisotopic (exact) mass is 644 g/mol. The minimum atomic E-state index is -0.288. The number of aromatic nitrogens is 5. The van der Waals surface area contributed by atoms with Crippen LogP contribution in [0.4, 0.5) is 0 Å². The molecule has 8 nitrogen and oxygen atoms in total. The van der Waals surface area contributed by atoms with Crippen molar-refractivity contribution in [1.29, 1.82) is 5.26 Å². The second-order valence-electron chi connectivity index (χ2n) is 11.8. The molecule has 50 heavy (non-hydrogen) atoms. The van der Waals surface area contributed by atoms with Crippen LogP contribution in [-0.4, -0.2) is 24.3 Å². The fraction of sp³-hybridized carbons (Fsp3) is 0. The number of imidazole rings is 1. The highest BCUT2D eigenvalue weighted by atomic mass is 16.4. The van der Waals surface area contributed by atoms with E-state index in [0.29, 0.717) is 61.7 Å². The molecule has 0 unspecified atom stereocenters. The standard InChI is InChI=1S/C42H24N6O2/c43-25-33-32(26-13-5-1-6-14-26)24-34-37(36(33)27-15-7-2-8-16-27)44-42-48(34)41(49)31-22-21-30(23-35(31)50-42)40-46-38(28-17-9-3-10-18-28)45-39(47-40)29-19-11-4-12-20-29/h1-24H. The topological polar surface area (TPSA) is 110 Å². The van der Waals surface area contributed by atoms with Crippen molar-refractivity contribution in [2.45, 2.75) is 0 Å². The molecule has 0 N–H and O–H groups in total. The average Bonchev–Trinajstić information content (AvgIpc) is 3.56. The number of hydrogen-bond acceptors (Lipinski definition) is 7. The zero-order valence-corrected chi connectivity index (χ0v) is 26.4. The van der Waals surface area contributed by atoms with Crippen molar-refractivity contribution in [3.63, 3.8) is 0 Å². The Hall–Kier alpha value is -7.24. The van der Waals surface area contributed by atoms with Crippen molar-refractivity contribution in [3.05, 3.63) is 162 Å². The summed E-state index contributed by atoms with van der Waals surface area (Å²) in [6.07, 6.45) is 0. The molecule has 0 aliphatic heterocycles. The third kappa shape index (κ3) is 4.81. The predicted octanol–water partition coefficient (Wildman–Crippen LogP) is 8.99. The molecule has 0 amide bonds. The molecule has 0 saturated heterocycles. The zero-order valence-electron chi connectivity index (χ0n) is 26.4. The van der Waals surface area contributed by atoms with E-state index < -0.39 is 0 Å². The van der Waals surface area contributed by atoms with Crippen molar-refractivity contribution in [1.82, 2.24) is 24.3 Å². The molecule has 0 saturated carbocycles. The van der Waals surface area contributed by atoms with E-state index in [9.17, 15) is 10.1 Å². The Morgan fingerprint density at radius 1 is 0.560 bits per heavy atom. The van der Waals surface area contributed by atoms with Gasteiger partial charge in [0.2, 0.25) is 0 Å². The van der Waals surface area contributed by atoms with Crippen molar-refractivity contribution in [2.24, 2.45) is 0 Å². The first-order valence-electron chi connectivity index (χ1n) is 16.0. The maximum Gasteiger partial charge on any atom is 0.310 e. The second kappa shape index (κ2) is 11.8. The molecular weight excluding hydrogens is 621 g/mol. The van der Waals surface area contributed by atoms with Gasteiger partial charge < -0.3 is 4.42 Å². The van der Waals surface area contributed by atoms with Crippen LogP contribution >= 0.6 is 0 Å². The maximum absolute atomic E-state index is 14.3. The third-order valence-corrected chi connectivity index (χ3v) is 8.75. The Balaban J connectivity index is 1.28. The van der Waals surface area contributed by atoms with E-state index in [2.05, 4.69) is 6.07 Å². The van der Waals surface area contributed by atoms with E-state index in [-0.39, 0.29) is 11.4 Å². The van der Waals surface area contributed by atoms with E-state index in [4.69, 9.17) is 24.4 Å². The molecular formula is C42H24N6O2. The van der Waals surface area contributed by atoms with Gasteiger partial charge in [0.1, 0.15) is 17.2 Å². The first kappa shape index (κ1) is 28.9. The van der Waals surface area contributed by atoms with Gasteiger partial charge in [-0.25, -0.2) is 19.4 Å². The van der Waals surface area contributed by atoms with E-state index in [1.165, 1.54) is 4.40 Å². The number of nitrogens with zero attached hydrogens (tertiary/aromatic N) is 6. The smallest absolute Gasteiger partial charge is 0.310 e. The molecule has 9 rings (SSSR count). The van der Waals surface area contributed by atoms with Gasteiger partial charge in [0.25, 0.3) is 5.56 Å². The summed E-state index contributed by atoms with van der Waals surface area (Å²) < 4.78 is 7.90. The minimum Gasteiger partial charge on any atom is -0.424 e. The largest absolute Gasteiger partial charge is 0.424 e. The molecule has 8 heteroatoms. The molecule has 6 aromatic carbocycles. The van der Waals surface area contributed by atoms with E-state index in [1.54, 1.807) is 12.1 Å². The normalized spacial score (nSPS) is 11.3. The van der Waals surface area contributed by atoms with Crippen molar-refractivity contribution in [3.8, 4) is 62.5 Å². The lowest BCUT2D eigenvalue weighted by atomic mass is 9.91. The summed E-state index contributed by atoms with van der Waals surface area (Å²) in [5.41, 5.74) is 6.94. The molecule has 0 atom stereocenters. The van der Waals surface area contributed by atoms with Crippen LogP contribution in [0.1, 0.15) is 5.56 Å². The molecule has 0 bridgehead atoms. The minimum absolute atomic E-state index is 0.117. The van der Waals surface area contributed by atoms with Gasteiger partial charge in [0, 0.05) is 27.8 Å². The Morgan fingerprint density at radius 2 is 1.08 bits per heavy atom. The summed E-state index contributed by atoms with van der Waals surface area (Å²) in [6.45, 7) is 0. The SMILES string of the molecule is N#Cc1c(-c2ccccc2)cc2c(nc3oc4cc(-c5nc(-c6ccccc6)nc(-c6ccccc6)n5)ccc4c(=O)n32)c1-c1ccccc1. The zero-order chi connectivity index (χ0) is 33.6. The number of fused-ring (bicyclic) bond motifs is 4. The predicted molar refractivity (Wildman–Crippen MR) is 194 cm³/mol. The van der Waals surface area contributed by atoms with Gasteiger partial charge in [-0.05, 0) is 29.3 Å². The average molecular weight is 645 g/mol. The highest BCUT2D eigenvalue weighted by Crippen LogP contribution is 2.39. The molecule has 3 aromatic heterocycles. The highest BCUT2D eigenvalue weighted by Gasteiger charge is 2.23. The molecule has 234 valence electrons. The maximum atomic E-state index is 14.3. The van der Waals surface area contributed by atoms with Crippen LogP contribution < -0.4 is 5.56 Å². The van der Waals surface area contributed by atoms with Gasteiger partial charge in [-0.2, -0.15) is 10.2 Å². The lowest BCUT2D eigenvalue weighted by Crippen LogP contribution is -2.12. The van der Waals surface area contributed by atoms with Gasteiger partial charge in [-0.1, -0.05) is 127 Å². The number of rotatable bonds is 5. The van der Waals surface area contributed by atoms with Crippen molar-refractivity contribution >= 4 is 27.8 Å². The van der Waals surface area contributed by atoms with Gasteiger partial charge in [-0.3, -0.25) is 4.79 Å². The van der Waals surface area contributed by atoms with Gasteiger partial charge in [-0.15, -0.1) is 0 Å². The number of hydrogen-bond donors (Lipinski definition) is 0. The molecule has 0 spiro atoms. The number of nitriles is 1. The lowest BCUT2D eigenvalue weighted by Gasteiger charge is -2.12. The fourth-order valence-electron chi connectivity index (χ4n) is 6.38. The first-order valence-corrected chi connectivity index (χ1v) is 16.0. The van der Waals surface area contributed by atoms with Gasteiger partial charge in [0.15, 0.2) is 17.5 Å². The molecule has 9 aromatic rings. The first-order chi connectivity index (χ1) is 24.7. The molecule has 3 heterocycles. The molecule has 0 aliphatic rings. The van der Waals surface area contributed by atoms with Crippen molar-refractivity contribution < 1.29 is 4.42 Å². The summed E-state index contributed by atoms with van der Waals surface area (Å²) >= 11 is 0. The van der Waals surface area contributed by atoms with E-state index in [1.807, 2.05) is 133 Å². The summed E-state index contributed by atoms with van der Waals surface area (Å²) in [5, 5.41) is 10.9. The van der Waals surface area contributed by atoms with Crippen LogP contribution in [0, 0.1) is 11.3 Å². The molecule has 0 aliphatic carbocycles. The quantitative estimate of drug-likeness (QED) is 0.184. The molecule has 0 fully saturated rings. The van der Waals surface area contributed by atoms with Crippen molar-refractivity contribution in [2.75, 3.05) is 0 Å². The van der Waals surface area contributed by atoms with Crippen LogP contribution in [0.5, 0.6) is 0 Å². The van der Waals surface area contributed by atoms with Crippen LogP contribution in [0.2, 0.25) is 0 Å². The number of benzene rings is 6. The fourth-order valence-corrected chi connectivity index (χ4v) is 6.38. The Bertz CT molecular complexity index is 2770.